The SMILES string of the molecule is CCC1OCCC1C(NC)c1cc2c(cc1Br)OCCO2. The summed E-state index contributed by atoms with van der Waals surface area (Å²) in [5, 5.41) is 3.47. The van der Waals surface area contributed by atoms with E-state index >= 15 is 0 Å². The van der Waals surface area contributed by atoms with Gasteiger partial charge in [-0.15, -0.1) is 0 Å². The van der Waals surface area contributed by atoms with E-state index in [0.29, 0.717) is 25.2 Å². The van der Waals surface area contributed by atoms with Crippen LogP contribution in [0.5, 0.6) is 11.5 Å². The predicted molar refractivity (Wildman–Crippen MR) is 85.1 cm³/mol. The van der Waals surface area contributed by atoms with Crippen LogP contribution in [0.1, 0.15) is 31.4 Å². The molecular formula is C16H22BrNO3. The van der Waals surface area contributed by atoms with E-state index < -0.39 is 0 Å². The van der Waals surface area contributed by atoms with Crippen LogP contribution in [0.2, 0.25) is 0 Å². The highest BCUT2D eigenvalue weighted by Gasteiger charge is 2.35. The number of nitrogens with one attached hydrogen (secondary N) is 1. The summed E-state index contributed by atoms with van der Waals surface area (Å²) in [6.07, 6.45) is 2.46. The first kappa shape index (κ1) is 15.1. The summed E-state index contributed by atoms with van der Waals surface area (Å²) in [4.78, 5) is 0. The van der Waals surface area contributed by atoms with E-state index in [9.17, 15) is 0 Å². The fourth-order valence-electron chi connectivity index (χ4n) is 3.39. The molecule has 5 heteroatoms. The Morgan fingerprint density at radius 1 is 1.24 bits per heavy atom. The van der Waals surface area contributed by atoms with Crippen molar-refractivity contribution in [2.75, 3.05) is 26.9 Å². The molecular weight excluding hydrogens is 334 g/mol. The Morgan fingerprint density at radius 3 is 2.62 bits per heavy atom. The molecule has 0 aliphatic carbocycles. The van der Waals surface area contributed by atoms with Crippen molar-refractivity contribution < 1.29 is 14.2 Å². The van der Waals surface area contributed by atoms with Crippen LogP contribution in [-0.2, 0) is 4.74 Å². The first-order valence-corrected chi connectivity index (χ1v) is 8.41. The van der Waals surface area contributed by atoms with Gasteiger partial charge in [-0.3, -0.25) is 0 Å². The molecule has 116 valence electrons. The molecule has 2 aliphatic heterocycles. The number of rotatable bonds is 4. The van der Waals surface area contributed by atoms with Gasteiger partial charge in [0.05, 0.1) is 6.10 Å². The van der Waals surface area contributed by atoms with E-state index in [0.717, 1.165) is 35.4 Å². The third-order valence-electron chi connectivity index (χ3n) is 4.40. The van der Waals surface area contributed by atoms with Crippen LogP contribution in [0.3, 0.4) is 0 Å². The number of benzene rings is 1. The van der Waals surface area contributed by atoms with Crippen LogP contribution < -0.4 is 14.8 Å². The fraction of sp³-hybridized carbons (Fsp3) is 0.625. The second-order valence-corrected chi connectivity index (χ2v) is 6.41. The van der Waals surface area contributed by atoms with Crippen molar-refractivity contribution in [2.45, 2.75) is 31.9 Å². The minimum absolute atomic E-state index is 0.252. The Morgan fingerprint density at radius 2 is 1.95 bits per heavy atom. The molecule has 1 fully saturated rings. The maximum absolute atomic E-state index is 5.86. The van der Waals surface area contributed by atoms with Crippen LogP contribution in [0, 0.1) is 5.92 Å². The number of hydrogen-bond donors (Lipinski definition) is 1. The molecule has 3 unspecified atom stereocenters. The fourth-order valence-corrected chi connectivity index (χ4v) is 3.95. The van der Waals surface area contributed by atoms with Crippen molar-refractivity contribution in [1.29, 1.82) is 0 Å². The molecule has 0 aromatic heterocycles. The Balaban J connectivity index is 1.93. The summed E-state index contributed by atoms with van der Waals surface area (Å²) in [7, 11) is 2.01. The van der Waals surface area contributed by atoms with Gasteiger partial charge in [-0.1, -0.05) is 22.9 Å². The average molecular weight is 356 g/mol. The highest BCUT2D eigenvalue weighted by atomic mass is 79.9. The first-order valence-electron chi connectivity index (χ1n) is 7.62. The number of halogens is 1. The maximum Gasteiger partial charge on any atom is 0.162 e. The zero-order chi connectivity index (χ0) is 14.8. The number of hydrogen-bond acceptors (Lipinski definition) is 4. The zero-order valence-corrected chi connectivity index (χ0v) is 14.1. The third-order valence-corrected chi connectivity index (χ3v) is 5.09. The van der Waals surface area contributed by atoms with Crippen molar-refractivity contribution in [1.82, 2.24) is 5.32 Å². The topological polar surface area (TPSA) is 39.7 Å². The van der Waals surface area contributed by atoms with Crippen molar-refractivity contribution >= 4 is 15.9 Å². The van der Waals surface area contributed by atoms with Crippen molar-refractivity contribution in [3.63, 3.8) is 0 Å². The molecule has 0 saturated carbocycles. The smallest absolute Gasteiger partial charge is 0.162 e. The summed E-state index contributed by atoms with van der Waals surface area (Å²) >= 11 is 3.69. The molecule has 0 amide bonds. The van der Waals surface area contributed by atoms with Crippen LogP contribution >= 0.6 is 15.9 Å². The monoisotopic (exact) mass is 355 g/mol. The second kappa shape index (κ2) is 6.55. The molecule has 3 atom stereocenters. The Labute approximate surface area is 134 Å². The van der Waals surface area contributed by atoms with Gasteiger partial charge < -0.3 is 19.5 Å². The molecule has 2 aliphatic rings. The summed E-state index contributed by atoms with van der Waals surface area (Å²) in [5.74, 6) is 2.15. The zero-order valence-electron chi connectivity index (χ0n) is 12.5. The molecule has 1 aromatic carbocycles. The Hall–Kier alpha value is -0.780. The maximum atomic E-state index is 5.86. The molecule has 0 bridgehead atoms. The van der Waals surface area contributed by atoms with E-state index in [-0.39, 0.29) is 6.04 Å². The van der Waals surface area contributed by atoms with E-state index in [1.54, 1.807) is 0 Å². The highest BCUT2D eigenvalue weighted by Crippen LogP contribution is 2.42. The van der Waals surface area contributed by atoms with Gasteiger partial charge in [0.2, 0.25) is 0 Å². The quantitative estimate of drug-likeness (QED) is 0.899. The van der Waals surface area contributed by atoms with Crippen LogP contribution in [0.15, 0.2) is 16.6 Å². The highest BCUT2D eigenvalue weighted by molar-refractivity contribution is 9.10. The summed E-state index contributed by atoms with van der Waals surface area (Å²) in [6, 6.07) is 4.37. The van der Waals surface area contributed by atoms with Gasteiger partial charge in [0, 0.05) is 23.0 Å². The molecule has 1 aromatic rings. The molecule has 3 rings (SSSR count). The lowest BCUT2D eigenvalue weighted by Gasteiger charge is -2.29. The van der Waals surface area contributed by atoms with Crippen LogP contribution in [0.4, 0.5) is 0 Å². The summed E-state index contributed by atoms with van der Waals surface area (Å²) < 4.78 is 18.3. The minimum atomic E-state index is 0.252. The van der Waals surface area contributed by atoms with Crippen molar-refractivity contribution in [3.8, 4) is 11.5 Å². The average Bonchev–Trinajstić information content (AvgIpc) is 2.97. The van der Waals surface area contributed by atoms with Gasteiger partial charge in [-0.25, -0.2) is 0 Å². The van der Waals surface area contributed by atoms with E-state index in [4.69, 9.17) is 14.2 Å². The summed E-state index contributed by atoms with van der Waals surface area (Å²) in [6.45, 7) is 4.27. The van der Waals surface area contributed by atoms with E-state index in [1.165, 1.54) is 5.56 Å². The molecule has 2 heterocycles. The van der Waals surface area contributed by atoms with Gasteiger partial charge >= 0.3 is 0 Å². The van der Waals surface area contributed by atoms with Gasteiger partial charge in [0.25, 0.3) is 0 Å². The van der Waals surface area contributed by atoms with Crippen molar-refractivity contribution in [3.05, 3.63) is 22.2 Å². The molecule has 4 nitrogen and oxygen atoms in total. The van der Waals surface area contributed by atoms with Gasteiger partial charge in [-0.2, -0.15) is 0 Å². The van der Waals surface area contributed by atoms with Crippen LogP contribution in [-0.4, -0.2) is 33.0 Å². The number of fused-ring (bicyclic) bond motifs is 1. The van der Waals surface area contributed by atoms with Gasteiger partial charge in [0.1, 0.15) is 13.2 Å². The molecule has 0 spiro atoms. The van der Waals surface area contributed by atoms with E-state index in [2.05, 4.69) is 34.2 Å². The number of ether oxygens (including phenoxy) is 3. The van der Waals surface area contributed by atoms with Gasteiger partial charge in [0.15, 0.2) is 11.5 Å². The lowest BCUT2D eigenvalue weighted by Crippen LogP contribution is -2.31. The third kappa shape index (κ3) is 2.91. The van der Waals surface area contributed by atoms with E-state index in [1.807, 2.05) is 13.1 Å². The lowest BCUT2D eigenvalue weighted by atomic mass is 9.86. The Kier molecular flexibility index (Phi) is 4.72. The first-order chi connectivity index (χ1) is 10.2. The summed E-state index contributed by atoms with van der Waals surface area (Å²) in [5.41, 5.74) is 1.22. The second-order valence-electron chi connectivity index (χ2n) is 5.55. The minimum Gasteiger partial charge on any atom is -0.486 e. The molecule has 0 radical (unpaired) electrons. The lowest BCUT2D eigenvalue weighted by molar-refractivity contribution is 0.0781. The normalized spacial score (nSPS) is 25.9. The standard InChI is InChI=1S/C16H22BrNO3/c1-3-13-10(4-5-19-13)16(18-2)11-8-14-15(9-12(11)17)21-7-6-20-14/h8-10,13,16,18H,3-7H2,1-2H3. The molecule has 21 heavy (non-hydrogen) atoms. The molecule has 1 N–H and O–H groups in total. The van der Waals surface area contributed by atoms with Crippen LogP contribution in [0.25, 0.3) is 0 Å². The largest absolute Gasteiger partial charge is 0.486 e. The van der Waals surface area contributed by atoms with Gasteiger partial charge in [-0.05, 0) is 37.6 Å². The predicted octanol–water partition coefficient (Wildman–Crippen LogP) is 3.30. The Bertz CT molecular complexity index is 509. The molecule has 1 saturated heterocycles. The van der Waals surface area contributed by atoms with Crippen molar-refractivity contribution in [2.24, 2.45) is 5.92 Å².